The van der Waals surface area contributed by atoms with Crippen molar-refractivity contribution in [3.8, 4) is 0 Å². The first kappa shape index (κ1) is 17.5. The Morgan fingerprint density at radius 3 is 2.27 bits per heavy atom. The van der Waals surface area contributed by atoms with Gasteiger partial charge in [-0.3, -0.25) is 4.79 Å². The first-order chi connectivity index (χ1) is 12.6. The fourth-order valence-corrected chi connectivity index (χ4v) is 2.41. The Morgan fingerprint density at radius 1 is 0.962 bits per heavy atom. The van der Waals surface area contributed by atoms with Crippen LogP contribution in [0.25, 0.3) is 0 Å². The fraction of sp³-hybridized carbons (Fsp3) is 0.200. The summed E-state index contributed by atoms with van der Waals surface area (Å²) in [4.78, 5) is 25.2. The molecule has 6 heteroatoms. The third-order valence-electron chi connectivity index (χ3n) is 3.84. The van der Waals surface area contributed by atoms with Crippen molar-refractivity contribution in [2.24, 2.45) is 0 Å². The van der Waals surface area contributed by atoms with E-state index in [0.717, 1.165) is 5.56 Å². The predicted octanol–water partition coefficient (Wildman–Crippen LogP) is 3.53. The number of aromatic nitrogens is 2. The van der Waals surface area contributed by atoms with Crippen LogP contribution in [-0.2, 0) is 17.8 Å². The standard InChI is InChI=1S/C20H18N2O4/c1-3-17-21-22-18(26-17)12-25-20(24)16-7-5-4-6-15(16)19(23)14-10-8-13(2)9-11-14/h4-11H,3,12H2,1-2H3. The Balaban J connectivity index is 1.78. The molecule has 0 amide bonds. The Kier molecular flexibility index (Phi) is 5.22. The molecule has 0 unspecified atom stereocenters. The molecular weight excluding hydrogens is 332 g/mol. The largest absolute Gasteiger partial charge is 0.452 e. The minimum absolute atomic E-state index is 0.140. The summed E-state index contributed by atoms with van der Waals surface area (Å²) in [7, 11) is 0. The topological polar surface area (TPSA) is 82.3 Å². The number of hydrogen-bond acceptors (Lipinski definition) is 6. The SMILES string of the molecule is CCc1nnc(COC(=O)c2ccccc2C(=O)c2ccc(C)cc2)o1. The van der Waals surface area contributed by atoms with E-state index in [1.165, 1.54) is 0 Å². The van der Waals surface area contributed by atoms with Crippen molar-refractivity contribution in [3.63, 3.8) is 0 Å². The molecule has 0 aliphatic heterocycles. The normalized spacial score (nSPS) is 10.5. The third kappa shape index (κ3) is 3.85. The van der Waals surface area contributed by atoms with Crippen LogP contribution in [0.5, 0.6) is 0 Å². The number of hydrogen-bond donors (Lipinski definition) is 0. The summed E-state index contributed by atoms with van der Waals surface area (Å²) in [6.07, 6.45) is 0.606. The van der Waals surface area contributed by atoms with Gasteiger partial charge >= 0.3 is 5.97 Å². The van der Waals surface area contributed by atoms with Crippen molar-refractivity contribution >= 4 is 11.8 Å². The van der Waals surface area contributed by atoms with Gasteiger partial charge in [-0.05, 0) is 13.0 Å². The van der Waals surface area contributed by atoms with Crippen LogP contribution in [0.1, 0.15) is 50.5 Å². The van der Waals surface area contributed by atoms with E-state index in [1.54, 1.807) is 36.4 Å². The lowest BCUT2D eigenvalue weighted by atomic mass is 9.98. The summed E-state index contributed by atoms with van der Waals surface area (Å²) in [5, 5.41) is 7.62. The number of carbonyl (C=O) groups excluding carboxylic acids is 2. The summed E-state index contributed by atoms with van der Waals surface area (Å²) in [5.74, 6) is -0.149. The van der Waals surface area contributed by atoms with Crippen LogP contribution in [0.4, 0.5) is 0 Å². The number of ether oxygens (including phenoxy) is 1. The Hall–Kier alpha value is -3.28. The molecule has 0 spiro atoms. The van der Waals surface area contributed by atoms with Crippen LogP contribution in [-0.4, -0.2) is 21.9 Å². The van der Waals surface area contributed by atoms with Gasteiger partial charge in [0.1, 0.15) is 0 Å². The zero-order valence-corrected chi connectivity index (χ0v) is 14.6. The highest BCUT2D eigenvalue weighted by Gasteiger charge is 2.19. The van der Waals surface area contributed by atoms with Gasteiger partial charge in [0, 0.05) is 17.5 Å². The maximum Gasteiger partial charge on any atom is 0.339 e. The average Bonchev–Trinajstić information content (AvgIpc) is 3.14. The van der Waals surface area contributed by atoms with Gasteiger partial charge in [-0.15, -0.1) is 10.2 Å². The number of nitrogens with zero attached hydrogens (tertiary/aromatic N) is 2. The predicted molar refractivity (Wildman–Crippen MR) is 93.8 cm³/mol. The number of carbonyl (C=O) groups is 2. The molecule has 0 atom stereocenters. The second-order valence-electron chi connectivity index (χ2n) is 5.76. The molecule has 0 aliphatic carbocycles. The van der Waals surface area contributed by atoms with Gasteiger partial charge in [0.15, 0.2) is 12.4 Å². The minimum atomic E-state index is -0.614. The molecule has 0 saturated heterocycles. The van der Waals surface area contributed by atoms with Crippen molar-refractivity contribution in [2.45, 2.75) is 26.9 Å². The maximum absolute atomic E-state index is 12.8. The lowest BCUT2D eigenvalue weighted by molar-refractivity contribution is 0.0434. The van der Waals surface area contributed by atoms with E-state index in [1.807, 2.05) is 26.0 Å². The smallest absolute Gasteiger partial charge is 0.339 e. The zero-order valence-electron chi connectivity index (χ0n) is 14.6. The number of ketones is 1. The molecule has 1 aromatic heterocycles. The average molecular weight is 350 g/mol. The van der Waals surface area contributed by atoms with E-state index in [9.17, 15) is 9.59 Å². The lowest BCUT2D eigenvalue weighted by Gasteiger charge is -2.08. The molecule has 0 aliphatic rings. The molecule has 132 valence electrons. The summed E-state index contributed by atoms with van der Waals surface area (Å²) in [6.45, 7) is 3.69. The van der Waals surface area contributed by atoms with Gasteiger partial charge in [0.25, 0.3) is 5.89 Å². The fourth-order valence-electron chi connectivity index (χ4n) is 2.41. The number of benzene rings is 2. The molecule has 0 N–H and O–H groups in total. The Morgan fingerprint density at radius 2 is 1.62 bits per heavy atom. The Labute approximate surface area is 150 Å². The molecule has 1 heterocycles. The summed E-state index contributed by atoms with van der Waals surface area (Å²) in [5.41, 5.74) is 2.06. The minimum Gasteiger partial charge on any atom is -0.452 e. The summed E-state index contributed by atoms with van der Waals surface area (Å²) >= 11 is 0. The van der Waals surface area contributed by atoms with Gasteiger partial charge in [0.2, 0.25) is 5.89 Å². The molecule has 3 aromatic rings. The van der Waals surface area contributed by atoms with Gasteiger partial charge in [-0.25, -0.2) is 4.79 Å². The molecule has 0 fully saturated rings. The molecule has 0 radical (unpaired) electrons. The lowest BCUT2D eigenvalue weighted by Crippen LogP contribution is -2.12. The Bertz CT molecular complexity index is 929. The molecule has 0 bridgehead atoms. The van der Waals surface area contributed by atoms with Crippen molar-refractivity contribution in [1.82, 2.24) is 10.2 Å². The van der Waals surface area contributed by atoms with Crippen LogP contribution in [0.15, 0.2) is 52.9 Å². The molecule has 2 aromatic carbocycles. The van der Waals surface area contributed by atoms with Crippen LogP contribution in [0.2, 0.25) is 0 Å². The van der Waals surface area contributed by atoms with Crippen LogP contribution in [0.3, 0.4) is 0 Å². The second kappa shape index (κ2) is 7.74. The first-order valence-electron chi connectivity index (χ1n) is 8.27. The van der Waals surface area contributed by atoms with Gasteiger partial charge < -0.3 is 9.15 Å². The second-order valence-corrected chi connectivity index (χ2v) is 5.76. The van der Waals surface area contributed by atoms with E-state index in [4.69, 9.17) is 9.15 Å². The van der Waals surface area contributed by atoms with Crippen molar-refractivity contribution in [3.05, 3.63) is 82.6 Å². The van der Waals surface area contributed by atoms with Crippen LogP contribution in [0, 0.1) is 6.92 Å². The molecule has 26 heavy (non-hydrogen) atoms. The zero-order chi connectivity index (χ0) is 18.5. The van der Waals surface area contributed by atoms with E-state index in [0.29, 0.717) is 23.4 Å². The molecule has 3 rings (SSSR count). The number of rotatable bonds is 6. The van der Waals surface area contributed by atoms with E-state index >= 15 is 0 Å². The van der Waals surface area contributed by atoms with Crippen molar-refractivity contribution in [1.29, 1.82) is 0 Å². The van der Waals surface area contributed by atoms with E-state index in [2.05, 4.69) is 10.2 Å². The van der Waals surface area contributed by atoms with Crippen molar-refractivity contribution < 1.29 is 18.7 Å². The highest BCUT2D eigenvalue weighted by Crippen LogP contribution is 2.17. The van der Waals surface area contributed by atoms with Gasteiger partial charge in [0.05, 0.1) is 5.56 Å². The quantitative estimate of drug-likeness (QED) is 0.500. The third-order valence-corrected chi connectivity index (χ3v) is 3.84. The van der Waals surface area contributed by atoms with Crippen LogP contribution >= 0.6 is 0 Å². The van der Waals surface area contributed by atoms with E-state index < -0.39 is 5.97 Å². The van der Waals surface area contributed by atoms with Gasteiger partial charge in [-0.1, -0.05) is 55.0 Å². The number of aryl methyl sites for hydroxylation is 2. The molecular formula is C20H18N2O4. The monoisotopic (exact) mass is 350 g/mol. The molecule has 6 nitrogen and oxygen atoms in total. The highest BCUT2D eigenvalue weighted by atomic mass is 16.5. The van der Waals surface area contributed by atoms with E-state index in [-0.39, 0.29) is 23.8 Å². The first-order valence-corrected chi connectivity index (χ1v) is 8.27. The van der Waals surface area contributed by atoms with Crippen molar-refractivity contribution in [2.75, 3.05) is 0 Å². The summed E-state index contributed by atoms with van der Waals surface area (Å²) < 4.78 is 10.5. The number of esters is 1. The summed E-state index contributed by atoms with van der Waals surface area (Å²) in [6, 6.07) is 13.8. The molecule has 0 saturated carbocycles. The highest BCUT2D eigenvalue weighted by molar-refractivity contribution is 6.14. The van der Waals surface area contributed by atoms with Gasteiger partial charge in [-0.2, -0.15) is 0 Å². The maximum atomic E-state index is 12.8. The van der Waals surface area contributed by atoms with Crippen LogP contribution < -0.4 is 0 Å².